The second-order valence-corrected chi connectivity index (χ2v) is 6.45. The first-order valence-corrected chi connectivity index (χ1v) is 8.80. The zero-order valence-electron chi connectivity index (χ0n) is 15.0. The van der Waals surface area contributed by atoms with Gasteiger partial charge in [0.25, 0.3) is 5.91 Å². The normalized spacial score (nSPS) is 16.1. The number of hydrogen-bond donors (Lipinski definition) is 2. The lowest BCUT2D eigenvalue weighted by Crippen LogP contribution is -2.47. The number of carbonyl (C=O) groups excluding carboxylic acids is 1. The molecule has 5 nitrogen and oxygen atoms in total. The lowest BCUT2D eigenvalue weighted by Gasteiger charge is -2.30. The van der Waals surface area contributed by atoms with Crippen LogP contribution in [-0.2, 0) is 4.79 Å². The summed E-state index contributed by atoms with van der Waals surface area (Å²) in [6.45, 7) is -1.38. The van der Waals surface area contributed by atoms with E-state index in [-0.39, 0.29) is 42.5 Å². The number of benzene rings is 1. The Hall–Kier alpha value is -1.67. The molecule has 1 unspecified atom stereocenters. The van der Waals surface area contributed by atoms with Gasteiger partial charge in [-0.1, -0.05) is 31.4 Å². The van der Waals surface area contributed by atoms with Crippen LogP contribution in [0.15, 0.2) is 24.3 Å². The number of rotatable bonds is 8. The van der Waals surface area contributed by atoms with E-state index in [1.807, 2.05) is 0 Å². The Morgan fingerprint density at radius 3 is 2.30 bits per heavy atom. The van der Waals surface area contributed by atoms with E-state index in [9.17, 15) is 18.0 Å². The van der Waals surface area contributed by atoms with E-state index in [1.54, 1.807) is 6.07 Å². The fourth-order valence-corrected chi connectivity index (χ4v) is 3.15. The molecule has 0 heterocycles. The van der Waals surface area contributed by atoms with E-state index >= 15 is 0 Å². The molecule has 0 saturated heterocycles. The second kappa shape index (κ2) is 11.2. The summed E-state index contributed by atoms with van der Waals surface area (Å²) in [4.78, 5) is 12.1. The average molecular weight is 411 g/mol. The Kier molecular flexibility index (Phi) is 9.73. The van der Waals surface area contributed by atoms with Gasteiger partial charge < -0.3 is 20.5 Å². The molecule has 1 saturated carbocycles. The maximum absolute atomic E-state index is 12.3. The minimum atomic E-state index is -4.45. The second-order valence-electron chi connectivity index (χ2n) is 6.45. The molecule has 1 atom stereocenters. The molecular weight excluding hydrogens is 385 g/mol. The molecule has 0 spiro atoms. The van der Waals surface area contributed by atoms with Crippen molar-refractivity contribution < 1.29 is 27.4 Å². The van der Waals surface area contributed by atoms with Crippen molar-refractivity contribution in [3.63, 3.8) is 0 Å². The number of nitrogens with two attached hydrogens (primary N) is 1. The van der Waals surface area contributed by atoms with Gasteiger partial charge in [0.15, 0.2) is 24.7 Å². The molecule has 1 aliphatic carbocycles. The van der Waals surface area contributed by atoms with E-state index in [1.165, 1.54) is 24.6 Å². The minimum Gasteiger partial charge on any atom is -0.480 e. The molecule has 9 heteroatoms. The Morgan fingerprint density at radius 2 is 1.74 bits per heavy atom. The Labute approximate surface area is 163 Å². The number of para-hydroxylation sites is 2. The molecule has 1 aromatic carbocycles. The Balaban J connectivity index is 0.00000364. The number of hydrogen-bond acceptors (Lipinski definition) is 4. The smallest absolute Gasteiger partial charge is 0.422 e. The van der Waals surface area contributed by atoms with E-state index in [0.717, 1.165) is 25.7 Å². The van der Waals surface area contributed by atoms with Crippen molar-refractivity contribution in [1.82, 2.24) is 5.32 Å². The molecular formula is C18H26ClF3N2O3. The van der Waals surface area contributed by atoms with Crippen LogP contribution in [0.25, 0.3) is 0 Å². The fraction of sp³-hybridized carbons (Fsp3) is 0.611. The van der Waals surface area contributed by atoms with Crippen LogP contribution in [0.3, 0.4) is 0 Å². The topological polar surface area (TPSA) is 73.6 Å². The number of amides is 1. The molecule has 1 fully saturated rings. The quantitative estimate of drug-likeness (QED) is 0.688. The summed E-state index contributed by atoms with van der Waals surface area (Å²) >= 11 is 0. The van der Waals surface area contributed by atoms with Crippen LogP contribution >= 0.6 is 12.4 Å². The monoisotopic (exact) mass is 410 g/mol. The molecule has 0 bridgehead atoms. The van der Waals surface area contributed by atoms with Crippen LogP contribution in [0, 0.1) is 5.92 Å². The van der Waals surface area contributed by atoms with Gasteiger partial charge in [-0.2, -0.15) is 13.2 Å². The van der Waals surface area contributed by atoms with Gasteiger partial charge in [0.05, 0.1) is 0 Å². The maximum atomic E-state index is 12.3. The summed E-state index contributed by atoms with van der Waals surface area (Å²) in [5, 5.41) is 2.87. The van der Waals surface area contributed by atoms with Gasteiger partial charge in [-0.3, -0.25) is 4.79 Å². The molecule has 3 N–H and O–H groups in total. The van der Waals surface area contributed by atoms with Crippen LogP contribution in [0.4, 0.5) is 13.2 Å². The fourth-order valence-electron chi connectivity index (χ4n) is 3.15. The van der Waals surface area contributed by atoms with Crippen LogP contribution in [0.1, 0.15) is 32.1 Å². The molecule has 27 heavy (non-hydrogen) atoms. The van der Waals surface area contributed by atoms with Crippen molar-refractivity contribution in [2.24, 2.45) is 11.7 Å². The third-order valence-electron chi connectivity index (χ3n) is 4.42. The van der Waals surface area contributed by atoms with Crippen LogP contribution in [-0.4, -0.2) is 37.9 Å². The number of nitrogens with one attached hydrogen (secondary N) is 1. The maximum Gasteiger partial charge on any atom is 0.422 e. The molecule has 2 rings (SSSR count). The lowest BCUT2D eigenvalue weighted by molar-refractivity contribution is -0.153. The molecule has 0 radical (unpaired) electrons. The van der Waals surface area contributed by atoms with Crippen molar-refractivity contribution in [3.8, 4) is 11.5 Å². The molecule has 0 aromatic heterocycles. The Bertz CT molecular complexity index is 581. The van der Waals surface area contributed by atoms with Gasteiger partial charge in [0, 0.05) is 12.6 Å². The summed E-state index contributed by atoms with van der Waals surface area (Å²) in [7, 11) is 0. The third-order valence-corrected chi connectivity index (χ3v) is 4.42. The summed E-state index contributed by atoms with van der Waals surface area (Å²) in [5.41, 5.74) is 5.78. The number of alkyl halides is 3. The zero-order valence-corrected chi connectivity index (χ0v) is 15.8. The van der Waals surface area contributed by atoms with Gasteiger partial charge in [0.1, 0.15) is 0 Å². The third kappa shape index (κ3) is 8.26. The van der Waals surface area contributed by atoms with E-state index in [2.05, 4.69) is 5.32 Å². The SMILES string of the molecule is Cl.NCC(NC(=O)COc1ccccc1OCC(F)(F)F)C1CCCCC1. The van der Waals surface area contributed by atoms with Crippen LogP contribution in [0.2, 0.25) is 0 Å². The van der Waals surface area contributed by atoms with Crippen molar-refractivity contribution in [1.29, 1.82) is 0 Å². The van der Waals surface area contributed by atoms with Crippen molar-refractivity contribution in [2.75, 3.05) is 19.8 Å². The highest BCUT2D eigenvalue weighted by Crippen LogP contribution is 2.29. The van der Waals surface area contributed by atoms with E-state index < -0.39 is 12.8 Å². The van der Waals surface area contributed by atoms with Gasteiger partial charge >= 0.3 is 6.18 Å². The van der Waals surface area contributed by atoms with Gasteiger partial charge in [-0.15, -0.1) is 12.4 Å². The lowest BCUT2D eigenvalue weighted by atomic mass is 9.84. The van der Waals surface area contributed by atoms with Gasteiger partial charge in [-0.25, -0.2) is 0 Å². The standard InChI is InChI=1S/C18H25F3N2O3.ClH/c19-18(20,21)12-26-16-9-5-4-8-15(16)25-11-17(24)23-14(10-22)13-6-2-1-3-7-13;/h4-5,8-9,13-14H,1-3,6-7,10-12,22H2,(H,23,24);1H. The van der Waals surface area contributed by atoms with Crippen molar-refractivity contribution >= 4 is 18.3 Å². The van der Waals surface area contributed by atoms with Crippen LogP contribution in [0.5, 0.6) is 11.5 Å². The molecule has 154 valence electrons. The van der Waals surface area contributed by atoms with Crippen molar-refractivity contribution in [2.45, 2.75) is 44.3 Å². The predicted octanol–water partition coefficient (Wildman–Crippen LogP) is 3.45. The van der Waals surface area contributed by atoms with Gasteiger partial charge in [-0.05, 0) is 30.9 Å². The number of ether oxygens (including phenoxy) is 2. The first kappa shape index (κ1) is 23.4. The summed E-state index contributed by atoms with van der Waals surface area (Å²) in [6, 6.07) is 5.84. The largest absolute Gasteiger partial charge is 0.480 e. The van der Waals surface area contributed by atoms with E-state index in [0.29, 0.717) is 12.5 Å². The Morgan fingerprint density at radius 1 is 1.15 bits per heavy atom. The average Bonchev–Trinajstić information content (AvgIpc) is 2.63. The highest BCUT2D eigenvalue weighted by atomic mass is 35.5. The number of carbonyl (C=O) groups is 1. The predicted molar refractivity (Wildman–Crippen MR) is 98.3 cm³/mol. The highest BCUT2D eigenvalue weighted by molar-refractivity contribution is 5.85. The minimum absolute atomic E-state index is 0. The summed E-state index contributed by atoms with van der Waals surface area (Å²) in [6.07, 6.45) is 1.11. The first-order chi connectivity index (χ1) is 12.4. The molecule has 1 amide bonds. The summed E-state index contributed by atoms with van der Waals surface area (Å²) in [5.74, 6) is 0.0471. The first-order valence-electron chi connectivity index (χ1n) is 8.80. The van der Waals surface area contributed by atoms with Crippen LogP contribution < -0.4 is 20.5 Å². The van der Waals surface area contributed by atoms with Crippen molar-refractivity contribution in [3.05, 3.63) is 24.3 Å². The molecule has 0 aliphatic heterocycles. The molecule has 1 aliphatic rings. The number of halogens is 4. The highest BCUT2D eigenvalue weighted by Gasteiger charge is 2.29. The molecule has 1 aromatic rings. The van der Waals surface area contributed by atoms with Gasteiger partial charge in [0.2, 0.25) is 0 Å². The van der Waals surface area contributed by atoms with E-state index in [4.69, 9.17) is 15.2 Å². The summed E-state index contributed by atoms with van der Waals surface area (Å²) < 4.78 is 47.0. The zero-order chi connectivity index (χ0) is 19.0.